The Morgan fingerprint density at radius 1 is 1.00 bits per heavy atom. The van der Waals surface area contributed by atoms with Gasteiger partial charge in [-0.3, -0.25) is 0 Å². The molecule has 1 unspecified atom stereocenters. The van der Waals surface area contributed by atoms with Crippen molar-refractivity contribution in [3.8, 4) is 0 Å². The molecule has 0 radical (unpaired) electrons. The summed E-state index contributed by atoms with van der Waals surface area (Å²) in [4.78, 5) is 0. The summed E-state index contributed by atoms with van der Waals surface area (Å²) in [7, 11) is -0.526. The number of hydrogen-bond donors (Lipinski definition) is 0. The third kappa shape index (κ3) is 5.23. The summed E-state index contributed by atoms with van der Waals surface area (Å²) >= 11 is 0. The molecule has 0 bridgehead atoms. The van der Waals surface area contributed by atoms with Gasteiger partial charge in [0.05, 0.1) is 6.16 Å². The molecule has 0 nitrogen and oxygen atoms in total. The summed E-state index contributed by atoms with van der Waals surface area (Å²) in [6.45, 7) is 14.3. The summed E-state index contributed by atoms with van der Waals surface area (Å²) in [5.41, 5.74) is 0. The van der Waals surface area contributed by atoms with E-state index in [1.807, 2.05) is 0 Å². The molecule has 62 valence electrons. The van der Waals surface area contributed by atoms with Crippen LogP contribution >= 0.6 is 7.26 Å². The van der Waals surface area contributed by atoms with Crippen molar-refractivity contribution in [1.29, 1.82) is 0 Å². The number of hydrogen-bond acceptors (Lipinski definition) is 0. The maximum absolute atomic E-state index is 2.42. The van der Waals surface area contributed by atoms with Crippen LogP contribution in [0.1, 0.15) is 20.8 Å². The van der Waals surface area contributed by atoms with Crippen LogP contribution in [0.15, 0.2) is 0 Å². The van der Waals surface area contributed by atoms with E-state index in [0.717, 1.165) is 11.8 Å². The minimum atomic E-state index is -0.526. The van der Waals surface area contributed by atoms with Crippen molar-refractivity contribution in [3.63, 3.8) is 0 Å². The minimum absolute atomic E-state index is 0.526. The highest BCUT2D eigenvalue weighted by atomic mass is 31.2. The van der Waals surface area contributed by atoms with Gasteiger partial charge in [0.2, 0.25) is 0 Å². The first kappa shape index (κ1) is 10.4. The topological polar surface area (TPSA) is 0 Å². The highest BCUT2D eigenvalue weighted by Crippen LogP contribution is 2.48. The molecule has 0 amide bonds. The summed E-state index contributed by atoms with van der Waals surface area (Å²) < 4.78 is 0. The van der Waals surface area contributed by atoms with E-state index < -0.39 is 7.26 Å². The van der Waals surface area contributed by atoms with Gasteiger partial charge in [-0.05, 0) is 11.8 Å². The van der Waals surface area contributed by atoms with Gasteiger partial charge in [-0.1, -0.05) is 20.8 Å². The molecule has 0 saturated carbocycles. The molecule has 0 heterocycles. The molecule has 1 heteroatoms. The third-order valence-electron chi connectivity index (χ3n) is 1.97. The van der Waals surface area contributed by atoms with Gasteiger partial charge in [-0.15, -0.1) is 0 Å². The third-order valence-corrected chi connectivity index (χ3v) is 3.65. The van der Waals surface area contributed by atoms with Gasteiger partial charge in [0.25, 0.3) is 0 Å². The lowest BCUT2D eigenvalue weighted by Crippen LogP contribution is -2.11. The molecular formula is C9H22P+. The number of rotatable bonds is 3. The second-order valence-corrected chi connectivity index (χ2v) is 9.64. The van der Waals surface area contributed by atoms with Gasteiger partial charge in [0, 0.05) is 27.3 Å². The van der Waals surface area contributed by atoms with Gasteiger partial charge in [-0.25, -0.2) is 0 Å². The molecule has 0 saturated heterocycles. The SMILES string of the molecule is CC(C)C(C)C[P+](C)(C)C. The highest BCUT2D eigenvalue weighted by molar-refractivity contribution is 7.73. The van der Waals surface area contributed by atoms with Crippen molar-refractivity contribution >= 4 is 7.26 Å². The van der Waals surface area contributed by atoms with Gasteiger partial charge >= 0.3 is 0 Å². The standard InChI is InChI=1S/C9H22P/c1-8(2)9(3)7-10(4,5)6/h8-9H,7H2,1-6H3/q+1. The molecule has 0 aliphatic heterocycles. The molecule has 0 aromatic heterocycles. The molecule has 0 aliphatic rings. The molecule has 0 N–H and O–H groups in total. The first-order chi connectivity index (χ1) is 4.33. The maximum Gasteiger partial charge on any atom is 0.0614 e. The Morgan fingerprint density at radius 2 is 1.40 bits per heavy atom. The van der Waals surface area contributed by atoms with Crippen molar-refractivity contribution in [1.82, 2.24) is 0 Å². The zero-order chi connectivity index (χ0) is 8.36. The van der Waals surface area contributed by atoms with Crippen molar-refractivity contribution in [3.05, 3.63) is 0 Å². The zero-order valence-corrected chi connectivity index (χ0v) is 9.20. The summed E-state index contributed by atoms with van der Waals surface area (Å²) in [5, 5.41) is 0. The Kier molecular flexibility index (Phi) is 3.88. The van der Waals surface area contributed by atoms with E-state index in [9.17, 15) is 0 Å². The van der Waals surface area contributed by atoms with Gasteiger partial charge in [0.15, 0.2) is 0 Å². The van der Waals surface area contributed by atoms with E-state index >= 15 is 0 Å². The first-order valence-electron chi connectivity index (χ1n) is 4.13. The van der Waals surface area contributed by atoms with Crippen LogP contribution in [0.3, 0.4) is 0 Å². The van der Waals surface area contributed by atoms with Crippen LogP contribution < -0.4 is 0 Å². The van der Waals surface area contributed by atoms with Crippen molar-refractivity contribution < 1.29 is 0 Å². The smallest absolute Gasteiger partial charge is 0.0614 e. The molecule has 0 aliphatic carbocycles. The predicted octanol–water partition coefficient (Wildman–Crippen LogP) is 3.19. The molecular weight excluding hydrogens is 139 g/mol. The van der Waals surface area contributed by atoms with Gasteiger partial charge < -0.3 is 0 Å². The zero-order valence-electron chi connectivity index (χ0n) is 8.31. The fourth-order valence-electron chi connectivity index (χ4n) is 1.07. The van der Waals surface area contributed by atoms with Crippen molar-refractivity contribution in [2.75, 3.05) is 26.2 Å². The fourth-order valence-corrected chi connectivity index (χ4v) is 3.22. The lowest BCUT2D eigenvalue weighted by Gasteiger charge is -2.20. The Balaban J connectivity index is 3.68. The first-order valence-corrected chi connectivity index (χ1v) is 7.45. The Hall–Kier alpha value is 0.430. The summed E-state index contributed by atoms with van der Waals surface area (Å²) in [5.74, 6) is 1.77. The lowest BCUT2D eigenvalue weighted by atomic mass is 10.0. The minimum Gasteiger partial charge on any atom is -0.0624 e. The molecule has 0 spiro atoms. The van der Waals surface area contributed by atoms with E-state index in [2.05, 4.69) is 40.8 Å². The average molecular weight is 161 g/mol. The van der Waals surface area contributed by atoms with Crippen LogP contribution in [-0.2, 0) is 0 Å². The predicted molar refractivity (Wildman–Crippen MR) is 53.6 cm³/mol. The largest absolute Gasteiger partial charge is 0.0624 e. The fraction of sp³-hybridized carbons (Fsp3) is 1.00. The van der Waals surface area contributed by atoms with Gasteiger partial charge in [0.1, 0.15) is 0 Å². The Bertz CT molecular complexity index is 89.4. The van der Waals surface area contributed by atoms with E-state index in [0.29, 0.717) is 0 Å². The van der Waals surface area contributed by atoms with Crippen molar-refractivity contribution in [2.45, 2.75) is 20.8 Å². The van der Waals surface area contributed by atoms with Crippen LogP contribution in [0.25, 0.3) is 0 Å². The Labute approximate surface area is 66.7 Å². The highest BCUT2D eigenvalue weighted by Gasteiger charge is 2.22. The molecule has 1 atom stereocenters. The summed E-state index contributed by atoms with van der Waals surface area (Å²) in [6.07, 6.45) is 1.45. The Morgan fingerprint density at radius 3 is 1.50 bits per heavy atom. The summed E-state index contributed by atoms with van der Waals surface area (Å²) in [6, 6.07) is 0. The van der Waals surface area contributed by atoms with Crippen LogP contribution in [0.2, 0.25) is 0 Å². The maximum atomic E-state index is 2.42. The van der Waals surface area contributed by atoms with E-state index in [4.69, 9.17) is 0 Å². The van der Waals surface area contributed by atoms with E-state index in [-0.39, 0.29) is 0 Å². The monoisotopic (exact) mass is 161 g/mol. The van der Waals surface area contributed by atoms with Gasteiger partial charge in [-0.2, -0.15) is 0 Å². The normalized spacial score (nSPS) is 15.9. The molecule has 0 rings (SSSR count). The second kappa shape index (κ2) is 3.72. The molecule has 0 aromatic carbocycles. The van der Waals surface area contributed by atoms with Crippen LogP contribution in [0, 0.1) is 11.8 Å². The second-order valence-electron chi connectivity index (χ2n) is 4.69. The molecule has 0 fully saturated rings. The van der Waals surface area contributed by atoms with E-state index in [1.165, 1.54) is 6.16 Å². The van der Waals surface area contributed by atoms with E-state index in [1.54, 1.807) is 0 Å². The van der Waals surface area contributed by atoms with Crippen molar-refractivity contribution in [2.24, 2.45) is 11.8 Å². The van der Waals surface area contributed by atoms with Crippen LogP contribution in [-0.4, -0.2) is 26.2 Å². The lowest BCUT2D eigenvalue weighted by molar-refractivity contribution is 0.461. The molecule has 10 heavy (non-hydrogen) atoms. The van der Waals surface area contributed by atoms with Crippen LogP contribution in [0.5, 0.6) is 0 Å². The quantitative estimate of drug-likeness (QED) is 0.558. The molecule has 0 aromatic rings. The van der Waals surface area contributed by atoms with Crippen LogP contribution in [0.4, 0.5) is 0 Å². The average Bonchev–Trinajstić information content (AvgIpc) is 1.60.